The van der Waals surface area contributed by atoms with E-state index in [1.807, 2.05) is 42.5 Å². The van der Waals surface area contributed by atoms with Gasteiger partial charge < -0.3 is 10.2 Å². The van der Waals surface area contributed by atoms with Crippen LogP contribution in [0.15, 0.2) is 48.2 Å². The summed E-state index contributed by atoms with van der Waals surface area (Å²) in [5.74, 6) is 0.0213. The molecule has 0 saturated carbocycles. The van der Waals surface area contributed by atoms with Crippen molar-refractivity contribution >= 4 is 35.3 Å². The van der Waals surface area contributed by atoms with Crippen LogP contribution >= 0.6 is 11.6 Å². The summed E-state index contributed by atoms with van der Waals surface area (Å²) in [5, 5.41) is 3.25. The van der Waals surface area contributed by atoms with Gasteiger partial charge in [-0.3, -0.25) is 9.69 Å². The summed E-state index contributed by atoms with van der Waals surface area (Å²) in [6.07, 6.45) is 2.70. The van der Waals surface area contributed by atoms with Crippen molar-refractivity contribution in [1.82, 2.24) is 10.2 Å². The van der Waals surface area contributed by atoms with Crippen molar-refractivity contribution in [1.29, 1.82) is 0 Å². The third kappa shape index (κ3) is 3.58. The summed E-state index contributed by atoms with van der Waals surface area (Å²) in [7, 11) is 2.08. The summed E-state index contributed by atoms with van der Waals surface area (Å²) in [6, 6.07) is 13.0. The number of urea groups is 1. The Labute approximate surface area is 182 Å². The number of imide groups is 1. The lowest BCUT2D eigenvalue weighted by atomic mass is 9.80. The molecule has 0 aliphatic carbocycles. The lowest BCUT2D eigenvalue weighted by Crippen LogP contribution is -2.45. The summed E-state index contributed by atoms with van der Waals surface area (Å²) in [6.45, 7) is 6.90. The Bertz CT molecular complexity index is 1050. The Kier molecular flexibility index (Phi) is 5.10. The Morgan fingerprint density at radius 3 is 2.60 bits per heavy atom. The molecule has 0 radical (unpaired) electrons. The molecule has 6 heteroatoms. The first kappa shape index (κ1) is 20.5. The number of hydrogen-bond donors (Lipinski definition) is 1. The Morgan fingerprint density at radius 1 is 1.20 bits per heavy atom. The van der Waals surface area contributed by atoms with Gasteiger partial charge in [0.2, 0.25) is 0 Å². The Morgan fingerprint density at radius 2 is 1.90 bits per heavy atom. The van der Waals surface area contributed by atoms with Gasteiger partial charge in [-0.15, -0.1) is 0 Å². The Balaban J connectivity index is 1.65. The fourth-order valence-corrected chi connectivity index (χ4v) is 4.56. The standard InChI is InChI=1S/C24H26ClN3O2/c1-15-13-24(2,3)27(4)21-12-19(25)17(10-18(15)21)11-20-22(29)28(23(30)26-20)14-16-8-6-5-7-9-16/h5-12,15H,13-14H2,1-4H3,(H,26,30)/b20-11-. The topological polar surface area (TPSA) is 52.7 Å². The van der Waals surface area contributed by atoms with Crippen LogP contribution in [0.2, 0.25) is 5.02 Å². The highest BCUT2D eigenvalue weighted by molar-refractivity contribution is 6.32. The fraction of sp³-hybridized carbons (Fsp3) is 0.333. The van der Waals surface area contributed by atoms with Crippen LogP contribution in [0.3, 0.4) is 0 Å². The predicted octanol–water partition coefficient (Wildman–Crippen LogP) is 5.15. The number of carbonyl (C=O) groups excluding carboxylic acids is 2. The van der Waals surface area contributed by atoms with Crippen molar-refractivity contribution in [2.24, 2.45) is 0 Å². The van der Waals surface area contributed by atoms with Crippen LogP contribution in [0.25, 0.3) is 6.08 Å². The average molecular weight is 424 g/mol. The van der Waals surface area contributed by atoms with Crippen LogP contribution in [0, 0.1) is 0 Å². The molecule has 3 amide bonds. The van der Waals surface area contributed by atoms with Crippen LogP contribution in [0.4, 0.5) is 10.5 Å². The molecule has 2 heterocycles. The van der Waals surface area contributed by atoms with E-state index in [1.54, 1.807) is 6.08 Å². The molecular formula is C24H26ClN3O2. The molecule has 1 saturated heterocycles. The number of nitrogens with zero attached hydrogens (tertiary/aromatic N) is 2. The maximum atomic E-state index is 12.8. The maximum absolute atomic E-state index is 12.8. The minimum absolute atomic E-state index is 0.0447. The summed E-state index contributed by atoms with van der Waals surface area (Å²) < 4.78 is 0. The normalized spacial score (nSPS) is 21.8. The first-order valence-electron chi connectivity index (χ1n) is 10.1. The van der Waals surface area contributed by atoms with E-state index in [9.17, 15) is 9.59 Å². The number of amides is 3. The van der Waals surface area contributed by atoms with Gasteiger partial charge in [0.1, 0.15) is 5.70 Å². The van der Waals surface area contributed by atoms with E-state index < -0.39 is 6.03 Å². The van der Waals surface area contributed by atoms with Crippen molar-refractivity contribution < 1.29 is 9.59 Å². The van der Waals surface area contributed by atoms with Crippen LogP contribution in [-0.2, 0) is 11.3 Å². The predicted molar refractivity (Wildman–Crippen MR) is 120 cm³/mol. The molecule has 1 fully saturated rings. The molecule has 1 N–H and O–H groups in total. The van der Waals surface area contributed by atoms with Gasteiger partial charge in [0.15, 0.2) is 0 Å². The largest absolute Gasteiger partial charge is 0.369 e. The van der Waals surface area contributed by atoms with Gasteiger partial charge in [0.05, 0.1) is 6.54 Å². The lowest BCUT2D eigenvalue weighted by molar-refractivity contribution is -0.123. The highest BCUT2D eigenvalue weighted by Gasteiger charge is 2.36. The number of fused-ring (bicyclic) bond motifs is 1. The summed E-state index contributed by atoms with van der Waals surface area (Å²) in [5.41, 5.74) is 4.23. The van der Waals surface area contributed by atoms with Crippen LogP contribution in [-0.4, -0.2) is 29.4 Å². The molecule has 2 aromatic carbocycles. The minimum Gasteiger partial charge on any atom is -0.369 e. The number of hydrogen-bond acceptors (Lipinski definition) is 3. The zero-order chi connectivity index (χ0) is 21.6. The van der Waals surface area contributed by atoms with E-state index in [-0.39, 0.29) is 23.7 Å². The van der Waals surface area contributed by atoms with Gasteiger partial charge in [-0.1, -0.05) is 48.9 Å². The molecule has 2 aliphatic rings. The first-order chi connectivity index (χ1) is 14.2. The van der Waals surface area contributed by atoms with Gasteiger partial charge in [-0.2, -0.15) is 0 Å². The van der Waals surface area contributed by atoms with Crippen LogP contribution in [0.1, 0.15) is 49.8 Å². The van der Waals surface area contributed by atoms with E-state index in [0.717, 1.165) is 23.2 Å². The first-order valence-corrected chi connectivity index (χ1v) is 10.5. The average Bonchev–Trinajstić information content (AvgIpc) is 2.95. The molecule has 2 aliphatic heterocycles. The molecule has 0 spiro atoms. The second-order valence-corrected chi connectivity index (χ2v) is 9.18. The van der Waals surface area contributed by atoms with E-state index in [4.69, 9.17) is 11.6 Å². The minimum atomic E-state index is -0.418. The fourth-order valence-electron chi connectivity index (χ4n) is 4.35. The van der Waals surface area contributed by atoms with Crippen LogP contribution < -0.4 is 10.2 Å². The highest BCUT2D eigenvalue weighted by atomic mass is 35.5. The maximum Gasteiger partial charge on any atom is 0.329 e. The quantitative estimate of drug-likeness (QED) is 0.548. The van der Waals surface area contributed by atoms with Gasteiger partial charge in [0.25, 0.3) is 5.91 Å². The van der Waals surface area contributed by atoms with Gasteiger partial charge in [-0.25, -0.2) is 4.79 Å². The molecule has 0 bridgehead atoms. The molecule has 5 nitrogen and oxygen atoms in total. The van der Waals surface area contributed by atoms with Crippen molar-refractivity contribution in [2.45, 2.75) is 45.2 Å². The van der Waals surface area contributed by atoms with E-state index >= 15 is 0 Å². The van der Waals surface area contributed by atoms with Crippen molar-refractivity contribution in [3.63, 3.8) is 0 Å². The van der Waals surface area contributed by atoms with Gasteiger partial charge in [-0.05, 0) is 61.1 Å². The number of rotatable bonds is 3. The van der Waals surface area contributed by atoms with Crippen molar-refractivity contribution in [3.05, 3.63) is 69.9 Å². The zero-order valence-electron chi connectivity index (χ0n) is 17.7. The Hall–Kier alpha value is -2.79. The second-order valence-electron chi connectivity index (χ2n) is 8.77. The number of benzene rings is 2. The SMILES string of the molecule is CC1CC(C)(C)N(C)c2cc(Cl)c(/C=C3\NC(=O)N(Cc4ccccc4)C3=O)cc21. The number of carbonyl (C=O) groups is 2. The molecule has 1 atom stereocenters. The van der Waals surface area contributed by atoms with Crippen LogP contribution in [0.5, 0.6) is 0 Å². The van der Waals surface area contributed by atoms with Gasteiger partial charge >= 0.3 is 6.03 Å². The number of anilines is 1. The molecule has 1 unspecified atom stereocenters. The van der Waals surface area contributed by atoms with Crippen molar-refractivity contribution in [3.8, 4) is 0 Å². The van der Waals surface area contributed by atoms with E-state index in [0.29, 0.717) is 10.9 Å². The lowest BCUT2D eigenvalue weighted by Gasteiger charge is -2.45. The third-order valence-electron chi connectivity index (χ3n) is 6.20. The molecule has 4 rings (SSSR count). The molecular weight excluding hydrogens is 398 g/mol. The summed E-state index contributed by atoms with van der Waals surface area (Å²) >= 11 is 6.59. The summed E-state index contributed by atoms with van der Waals surface area (Å²) in [4.78, 5) is 28.7. The second kappa shape index (κ2) is 7.47. The van der Waals surface area contributed by atoms with E-state index in [1.165, 1.54) is 10.5 Å². The highest BCUT2D eigenvalue weighted by Crippen LogP contribution is 2.44. The molecule has 2 aromatic rings. The number of nitrogens with one attached hydrogen (secondary N) is 1. The number of halogens is 1. The monoisotopic (exact) mass is 423 g/mol. The smallest absolute Gasteiger partial charge is 0.329 e. The molecule has 0 aromatic heterocycles. The molecule has 30 heavy (non-hydrogen) atoms. The zero-order valence-corrected chi connectivity index (χ0v) is 18.5. The van der Waals surface area contributed by atoms with Crippen molar-refractivity contribution in [2.75, 3.05) is 11.9 Å². The van der Waals surface area contributed by atoms with E-state index in [2.05, 4.69) is 38.0 Å². The third-order valence-corrected chi connectivity index (χ3v) is 6.52. The van der Waals surface area contributed by atoms with Gasteiger partial charge in [0, 0.05) is 23.3 Å². The molecule has 156 valence electrons.